The molecule has 0 radical (unpaired) electrons. The van der Waals surface area contributed by atoms with E-state index in [1.807, 2.05) is 50.2 Å². The molecule has 0 spiro atoms. The number of hydrogen-bond donors (Lipinski definition) is 1. The van der Waals surface area contributed by atoms with Gasteiger partial charge in [0.25, 0.3) is 0 Å². The summed E-state index contributed by atoms with van der Waals surface area (Å²) in [4.78, 5) is 14.1. The minimum atomic E-state index is -0.119. The highest BCUT2D eigenvalue weighted by Gasteiger charge is 2.36. The van der Waals surface area contributed by atoms with Gasteiger partial charge in [0.2, 0.25) is 0 Å². The molecule has 6 rings (SSSR count). The van der Waals surface area contributed by atoms with E-state index in [1.54, 1.807) is 9.36 Å². The fourth-order valence-corrected chi connectivity index (χ4v) is 5.62. The molecule has 2 unspecified atom stereocenters. The molecule has 0 aliphatic carbocycles. The average Bonchev–Trinajstić information content (AvgIpc) is 3.51. The molecule has 10 nitrogen and oxygen atoms in total. The van der Waals surface area contributed by atoms with E-state index in [1.165, 1.54) is 0 Å². The van der Waals surface area contributed by atoms with Gasteiger partial charge in [-0.1, -0.05) is 19.1 Å². The van der Waals surface area contributed by atoms with Gasteiger partial charge in [-0.25, -0.2) is 9.67 Å². The molecular formula is C28H30N10. The van der Waals surface area contributed by atoms with Crippen molar-refractivity contribution in [1.29, 1.82) is 5.26 Å². The zero-order valence-electron chi connectivity index (χ0n) is 21.6. The Kier molecular flexibility index (Phi) is 6.13. The van der Waals surface area contributed by atoms with Gasteiger partial charge >= 0.3 is 0 Å². The van der Waals surface area contributed by atoms with Crippen molar-refractivity contribution in [1.82, 2.24) is 34.4 Å². The molecule has 0 bridgehead atoms. The highest BCUT2D eigenvalue weighted by atomic mass is 15.3. The van der Waals surface area contributed by atoms with Crippen molar-refractivity contribution in [2.45, 2.75) is 19.4 Å². The quantitative estimate of drug-likeness (QED) is 0.439. The second-order valence-electron chi connectivity index (χ2n) is 9.99. The third-order valence-electron chi connectivity index (χ3n) is 7.61. The van der Waals surface area contributed by atoms with Crippen LogP contribution in [0.3, 0.4) is 0 Å². The van der Waals surface area contributed by atoms with Gasteiger partial charge in [-0.15, -0.1) is 5.10 Å². The Labute approximate surface area is 221 Å². The van der Waals surface area contributed by atoms with Gasteiger partial charge in [0, 0.05) is 76.0 Å². The third-order valence-corrected chi connectivity index (χ3v) is 7.61. The number of hydrogen-bond acceptors (Lipinski definition) is 8. The molecule has 4 aromatic heterocycles. The summed E-state index contributed by atoms with van der Waals surface area (Å²) >= 11 is 0. The highest BCUT2D eigenvalue weighted by Crippen LogP contribution is 2.45. The molecule has 0 saturated carbocycles. The zero-order chi connectivity index (χ0) is 26.2. The first-order valence-electron chi connectivity index (χ1n) is 12.8. The Balaban J connectivity index is 1.24. The number of aromatic nitrogens is 6. The predicted octanol–water partition coefficient (Wildman–Crippen LogP) is 2.96. The number of rotatable bonds is 5. The van der Waals surface area contributed by atoms with E-state index in [-0.39, 0.29) is 17.7 Å². The van der Waals surface area contributed by atoms with E-state index < -0.39 is 0 Å². The fraction of sp³-hybridized carbons (Fsp3) is 0.321. The molecule has 192 valence electrons. The number of aryl methyl sites for hydroxylation is 1. The molecule has 4 aromatic rings. The number of nitriles is 1. The first-order valence-corrected chi connectivity index (χ1v) is 12.8. The van der Waals surface area contributed by atoms with Crippen LogP contribution in [0.5, 0.6) is 0 Å². The van der Waals surface area contributed by atoms with Crippen molar-refractivity contribution in [2.75, 3.05) is 36.8 Å². The second-order valence-corrected chi connectivity index (χ2v) is 9.99. The van der Waals surface area contributed by atoms with Gasteiger partial charge in [-0.05, 0) is 35.3 Å². The number of fused-ring (bicyclic) bond motifs is 1. The van der Waals surface area contributed by atoms with Crippen LogP contribution in [0, 0.1) is 17.2 Å². The van der Waals surface area contributed by atoms with Crippen molar-refractivity contribution in [2.24, 2.45) is 13.0 Å². The summed E-state index contributed by atoms with van der Waals surface area (Å²) < 4.78 is 3.55. The largest absolute Gasteiger partial charge is 0.381 e. The van der Waals surface area contributed by atoms with E-state index in [2.05, 4.69) is 56.2 Å². The highest BCUT2D eigenvalue weighted by molar-refractivity contribution is 5.80. The van der Waals surface area contributed by atoms with Crippen LogP contribution in [0.1, 0.15) is 40.9 Å². The van der Waals surface area contributed by atoms with E-state index >= 15 is 0 Å². The normalized spacial score (nSPS) is 19.6. The summed E-state index contributed by atoms with van der Waals surface area (Å²) in [5.74, 6) is 1.16. The lowest BCUT2D eigenvalue weighted by Gasteiger charge is -2.35. The molecule has 10 heteroatoms. The van der Waals surface area contributed by atoms with E-state index in [4.69, 9.17) is 10.7 Å². The molecule has 2 N–H and O–H groups in total. The van der Waals surface area contributed by atoms with Crippen molar-refractivity contribution >= 4 is 23.4 Å². The molecule has 1 fully saturated rings. The summed E-state index contributed by atoms with van der Waals surface area (Å²) in [7, 11) is 1.90. The van der Waals surface area contributed by atoms with Gasteiger partial charge < -0.3 is 10.6 Å². The Morgan fingerprint density at radius 1 is 1.08 bits per heavy atom. The summed E-state index contributed by atoms with van der Waals surface area (Å²) in [6, 6.07) is 12.6. The average molecular weight is 507 g/mol. The van der Waals surface area contributed by atoms with Gasteiger partial charge in [-0.3, -0.25) is 14.6 Å². The predicted molar refractivity (Wildman–Crippen MR) is 146 cm³/mol. The standard InChI is InChI=1S/C28H30N10/c1-19-24(21-15-33-35(2)16-21)18-38-27(23(13-29)28(30)34-38)26(19)20-6-7-25(32-14-20)37-11-9-36(10-12-37)17-22-5-3-4-8-31-22/h3-8,14-16,18-19,26H,9-12,17H2,1-2H3,(H2,30,34). The van der Waals surface area contributed by atoms with Gasteiger partial charge in [0.05, 0.1) is 17.6 Å². The SMILES string of the molecule is CC1C(c2cnn(C)c2)=Cn2nc(N)c(C#N)c2C1c1ccc(N2CCN(Cc3ccccn3)CC2)nc1. The lowest BCUT2D eigenvalue weighted by atomic mass is 9.76. The maximum absolute atomic E-state index is 9.88. The number of piperazine rings is 1. The van der Waals surface area contributed by atoms with Crippen LogP contribution in [-0.2, 0) is 13.6 Å². The topological polar surface area (TPSA) is 118 Å². The van der Waals surface area contributed by atoms with Gasteiger partial charge in [0.15, 0.2) is 5.82 Å². The first kappa shape index (κ1) is 23.9. The molecule has 0 amide bonds. The molecule has 0 aromatic carbocycles. The van der Waals surface area contributed by atoms with Crippen LogP contribution in [0.2, 0.25) is 0 Å². The molecule has 6 heterocycles. The molecule has 2 aliphatic rings. The smallest absolute Gasteiger partial charge is 0.164 e. The maximum atomic E-state index is 9.88. The van der Waals surface area contributed by atoms with E-state index in [0.717, 1.165) is 66.6 Å². The van der Waals surface area contributed by atoms with Crippen LogP contribution in [0.15, 0.2) is 55.1 Å². The number of anilines is 2. The van der Waals surface area contributed by atoms with Crippen LogP contribution in [-0.4, -0.2) is 60.6 Å². The van der Waals surface area contributed by atoms with Gasteiger partial charge in [0.1, 0.15) is 17.5 Å². The Morgan fingerprint density at radius 2 is 1.92 bits per heavy atom. The lowest BCUT2D eigenvalue weighted by molar-refractivity contribution is 0.246. The van der Waals surface area contributed by atoms with Crippen molar-refractivity contribution in [3.05, 3.63) is 83.2 Å². The minimum Gasteiger partial charge on any atom is -0.381 e. The number of nitrogens with two attached hydrogens (primary N) is 1. The van der Waals surface area contributed by atoms with Crippen LogP contribution < -0.4 is 10.6 Å². The van der Waals surface area contributed by atoms with E-state index in [9.17, 15) is 5.26 Å². The second kappa shape index (κ2) is 9.76. The Bertz CT molecular complexity index is 1500. The molecule has 2 atom stereocenters. The molecule has 38 heavy (non-hydrogen) atoms. The lowest BCUT2D eigenvalue weighted by Crippen LogP contribution is -2.46. The Hall–Kier alpha value is -4.49. The van der Waals surface area contributed by atoms with Crippen molar-refractivity contribution < 1.29 is 0 Å². The summed E-state index contributed by atoms with van der Waals surface area (Å²) in [6.07, 6.45) is 9.61. The number of allylic oxidation sites excluding steroid dienone is 1. The fourth-order valence-electron chi connectivity index (χ4n) is 5.62. The summed E-state index contributed by atoms with van der Waals surface area (Å²) in [5, 5.41) is 18.7. The van der Waals surface area contributed by atoms with Crippen LogP contribution >= 0.6 is 0 Å². The monoisotopic (exact) mass is 506 g/mol. The molecule has 1 saturated heterocycles. The molecule has 2 aliphatic heterocycles. The number of nitrogen functional groups attached to an aromatic ring is 1. The first-order chi connectivity index (χ1) is 18.5. The van der Waals surface area contributed by atoms with Crippen LogP contribution in [0.25, 0.3) is 11.8 Å². The summed E-state index contributed by atoms with van der Waals surface area (Å²) in [6.45, 7) is 6.78. The number of nitrogens with zero attached hydrogens (tertiary/aromatic N) is 9. The third kappa shape index (κ3) is 4.31. The summed E-state index contributed by atoms with van der Waals surface area (Å²) in [5.41, 5.74) is 11.6. The molecular weight excluding hydrogens is 476 g/mol. The number of pyridine rings is 2. The maximum Gasteiger partial charge on any atom is 0.164 e. The minimum absolute atomic E-state index is 0.0673. The zero-order valence-corrected chi connectivity index (χ0v) is 21.6. The van der Waals surface area contributed by atoms with E-state index in [0.29, 0.717) is 5.56 Å². The van der Waals surface area contributed by atoms with Gasteiger partial charge in [-0.2, -0.15) is 10.4 Å². The Morgan fingerprint density at radius 3 is 2.58 bits per heavy atom. The van der Waals surface area contributed by atoms with Crippen molar-refractivity contribution in [3.8, 4) is 6.07 Å². The van der Waals surface area contributed by atoms with Crippen LogP contribution in [0.4, 0.5) is 11.6 Å². The van der Waals surface area contributed by atoms with Crippen molar-refractivity contribution in [3.63, 3.8) is 0 Å².